The van der Waals surface area contributed by atoms with Crippen LogP contribution in [0.4, 0.5) is 0 Å². The molecule has 0 unspecified atom stereocenters. The van der Waals surface area contributed by atoms with Crippen molar-refractivity contribution in [3.05, 3.63) is 35.4 Å². The number of unbranched alkanes of at least 4 members (excludes halogenated alkanes) is 8. The topological polar surface area (TPSA) is 40.9 Å². The van der Waals surface area contributed by atoms with E-state index in [1.165, 1.54) is 63.4 Å². The van der Waals surface area contributed by atoms with E-state index in [-0.39, 0.29) is 11.2 Å². The summed E-state index contributed by atoms with van der Waals surface area (Å²) in [6, 6.07) is 11.1. The van der Waals surface area contributed by atoms with Gasteiger partial charge in [0.05, 0.1) is 11.5 Å². The highest BCUT2D eigenvalue weighted by molar-refractivity contribution is 5.96. The third kappa shape index (κ3) is 7.90. The molecule has 1 aromatic rings. The number of Topliss-reactive ketones (excluding diaryl/α,β-unsaturated/α-hetero) is 1. The van der Waals surface area contributed by atoms with Crippen LogP contribution in [0, 0.1) is 16.7 Å². The van der Waals surface area contributed by atoms with Crippen molar-refractivity contribution in [2.75, 3.05) is 0 Å². The van der Waals surface area contributed by atoms with E-state index in [1.807, 2.05) is 12.1 Å². The zero-order chi connectivity index (χ0) is 21.7. The molecule has 0 N–H and O–H groups in total. The third-order valence-corrected chi connectivity index (χ3v) is 7.15. The third-order valence-electron chi connectivity index (χ3n) is 7.15. The lowest BCUT2D eigenvalue weighted by Crippen LogP contribution is -2.25. The van der Waals surface area contributed by atoms with Gasteiger partial charge in [-0.2, -0.15) is 5.26 Å². The molecule has 0 amide bonds. The van der Waals surface area contributed by atoms with Crippen LogP contribution in [0.15, 0.2) is 24.3 Å². The van der Waals surface area contributed by atoms with Crippen LogP contribution in [0.2, 0.25) is 0 Å². The van der Waals surface area contributed by atoms with Crippen molar-refractivity contribution in [1.29, 1.82) is 5.26 Å². The molecule has 166 valence electrons. The second kappa shape index (κ2) is 13.6. The Morgan fingerprint density at radius 1 is 0.900 bits per heavy atom. The lowest BCUT2D eigenvalue weighted by atomic mass is 9.67. The predicted octanol–water partition coefficient (Wildman–Crippen LogP) is 8.76. The second-order valence-electron chi connectivity index (χ2n) is 9.54. The molecule has 1 aliphatic rings. The summed E-state index contributed by atoms with van der Waals surface area (Å²) < 4.78 is 0. The van der Waals surface area contributed by atoms with Gasteiger partial charge in [0, 0.05) is 12.0 Å². The van der Waals surface area contributed by atoms with Gasteiger partial charge in [0.15, 0.2) is 5.78 Å². The predicted molar refractivity (Wildman–Crippen MR) is 127 cm³/mol. The van der Waals surface area contributed by atoms with Gasteiger partial charge in [0.25, 0.3) is 0 Å². The van der Waals surface area contributed by atoms with Gasteiger partial charge in [-0.25, -0.2) is 0 Å². The zero-order valence-corrected chi connectivity index (χ0v) is 19.6. The molecule has 0 radical (unpaired) electrons. The monoisotopic (exact) mass is 409 g/mol. The molecule has 1 aliphatic carbocycles. The van der Waals surface area contributed by atoms with Crippen LogP contribution in [-0.4, -0.2) is 5.78 Å². The minimum absolute atomic E-state index is 0.0869. The van der Waals surface area contributed by atoms with Crippen molar-refractivity contribution in [3.63, 3.8) is 0 Å². The Bertz CT molecular complexity index is 646. The smallest absolute Gasteiger partial charge is 0.162 e. The lowest BCUT2D eigenvalue weighted by molar-refractivity contribution is 0.0979. The molecule has 30 heavy (non-hydrogen) atoms. The van der Waals surface area contributed by atoms with Crippen molar-refractivity contribution in [2.45, 2.75) is 122 Å². The number of hydrogen-bond donors (Lipinski definition) is 0. The summed E-state index contributed by atoms with van der Waals surface area (Å²) >= 11 is 0. The van der Waals surface area contributed by atoms with Gasteiger partial charge in [-0.1, -0.05) is 95.9 Å². The van der Waals surface area contributed by atoms with Gasteiger partial charge < -0.3 is 0 Å². The van der Waals surface area contributed by atoms with Crippen LogP contribution in [0.5, 0.6) is 0 Å². The van der Waals surface area contributed by atoms with Crippen LogP contribution >= 0.6 is 0 Å². The molecule has 0 atom stereocenters. The quantitative estimate of drug-likeness (QED) is 0.227. The summed E-state index contributed by atoms with van der Waals surface area (Å²) in [5.74, 6) is 0.832. The number of nitriles is 1. The van der Waals surface area contributed by atoms with E-state index >= 15 is 0 Å². The van der Waals surface area contributed by atoms with Crippen LogP contribution in [-0.2, 0) is 0 Å². The first kappa shape index (κ1) is 24.6. The van der Waals surface area contributed by atoms with Gasteiger partial charge >= 0.3 is 0 Å². The van der Waals surface area contributed by atoms with Gasteiger partial charge in [-0.05, 0) is 50.0 Å². The van der Waals surface area contributed by atoms with E-state index < -0.39 is 0 Å². The molecule has 0 aliphatic heterocycles. The summed E-state index contributed by atoms with van der Waals surface area (Å²) in [6.45, 7) is 4.46. The number of nitrogens with zero attached hydrogens (tertiary/aromatic N) is 1. The van der Waals surface area contributed by atoms with E-state index in [4.69, 9.17) is 0 Å². The first-order valence-electron chi connectivity index (χ1n) is 12.7. The Morgan fingerprint density at radius 2 is 1.47 bits per heavy atom. The highest BCUT2D eigenvalue weighted by atomic mass is 16.1. The van der Waals surface area contributed by atoms with Gasteiger partial charge in [-0.3, -0.25) is 4.79 Å². The standard InChI is InChI=1S/C28H43NO/c1-3-5-7-9-11-13-27(30)26-16-14-24(15-17-26)25-18-21-28(23-29,22-19-25)20-12-10-8-6-4-2/h14-17,25H,3-13,18-22H2,1-2H3. The fraction of sp³-hybridized carbons (Fsp3) is 0.714. The highest BCUT2D eigenvalue weighted by Gasteiger charge is 2.35. The zero-order valence-electron chi connectivity index (χ0n) is 19.6. The number of ketones is 1. The molecule has 0 spiro atoms. The van der Waals surface area contributed by atoms with E-state index in [9.17, 15) is 10.1 Å². The molecule has 0 heterocycles. The summed E-state index contributed by atoms with van der Waals surface area (Å²) in [7, 11) is 0. The molecule has 2 nitrogen and oxygen atoms in total. The fourth-order valence-electron chi connectivity index (χ4n) is 4.96. The maximum atomic E-state index is 12.4. The first-order valence-corrected chi connectivity index (χ1v) is 12.7. The van der Waals surface area contributed by atoms with E-state index in [0.29, 0.717) is 12.3 Å². The van der Waals surface area contributed by atoms with Crippen LogP contribution in [0.1, 0.15) is 138 Å². The fourth-order valence-corrected chi connectivity index (χ4v) is 4.96. The lowest BCUT2D eigenvalue weighted by Gasteiger charge is -2.35. The molecule has 0 bridgehead atoms. The molecular formula is C28H43NO. The first-order chi connectivity index (χ1) is 14.6. The summed E-state index contributed by atoms with van der Waals surface area (Å²) in [5, 5.41) is 9.83. The van der Waals surface area contributed by atoms with Gasteiger partial charge in [0.2, 0.25) is 0 Å². The maximum Gasteiger partial charge on any atom is 0.162 e. The van der Waals surface area contributed by atoms with Crippen molar-refractivity contribution < 1.29 is 4.79 Å². The Kier molecular flexibility index (Phi) is 11.2. The second-order valence-corrected chi connectivity index (χ2v) is 9.54. The summed E-state index contributed by atoms with van der Waals surface area (Å²) in [5.41, 5.74) is 2.13. The SMILES string of the molecule is CCCCCCCC(=O)c1ccc(C2CCC(C#N)(CCCCCCC)CC2)cc1. The average molecular weight is 410 g/mol. The van der Waals surface area contributed by atoms with Crippen molar-refractivity contribution in [3.8, 4) is 6.07 Å². The maximum absolute atomic E-state index is 12.4. The minimum Gasteiger partial charge on any atom is -0.294 e. The number of carbonyl (C=O) groups is 1. The van der Waals surface area contributed by atoms with Crippen LogP contribution in [0.3, 0.4) is 0 Å². The number of benzene rings is 1. The largest absolute Gasteiger partial charge is 0.294 e. The number of carbonyl (C=O) groups excluding carboxylic acids is 1. The van der Waals surface area contributed by atoms with Gasteiger partial charge in [0.1, 0.15) is 0 Å². The Labute approximate surface area is 185 Å². The van der Waals surface area contributed by atoms with Crippen LogP contribution < -0.4 is 0 Å². The van der Waals surface area contributed by atoms with Crippen LogP contribution in [0.25, 0.3) is 0 Å². The number of rotatable bonds is 14. The molecular weight excluding hydrogens is 366 g/mol. The Hall–Kier alpha value is -1.62. The average Bonchev–Trinajstić information content (AvgIpc) is 2.79. The molecule has 1 aromatic carbocycles. The summed E-state index contributed by atoms with van der Waals surface area (Å²) in [6.07, 6.45) is 18.3. The number of hydrogen-bond acceptors (Lipinski definition) is 2. The molecule has 1 fully saturated rings. The Balaban J connectivity index is 1.78. The van der Waals surface area contributed by atoms with Crippen molar-refractivity contribution in [2.24, 2.45) is 5.41 Å². The van der Waals surface area contributed by atoms with Crippen molar-refractivity contribution >= 4 is 5.78 Å². The molecule has 0 saturated heterocycles. The van der Waals surface area contributed by atoms with Gasteiger partial charge in [-0.15, -0.1) is 0 Å². The summed E-state index contributed by atoms with van der Waals surface area (Å²) in [4.78, 5) is 12.4. The van der Waals surface area contributed by atoms with E-state index in [0.717, 1.165) is 44.1 Å². The van der Waals surface area contributed by atoms with Crippen molar-refractivity contribution in [1.82, 2.24) is 0 Å². The normalized spacial score (nSPS) is 21.3. The Morgan fingerprint density at radius 3 is 2.03 bits per heavy atom. The minimum atomic E-state index is -0.0869. The van der Waals surface area contributed by atoms with E-state index in [1.54, 1.807) is 0 Å². The molecule has 1 saturated carbocycles. The molecule has 2 heteroatoms. The molecule has 0 aromatic heterocycles. The highest BCUT2D eigenvalue weighted by Crippen LogP contribution is 2.45. The molecule has 2 rings (SSSR count). The van der Waals surface area contributed by atoms with E-state index in [2.05, 4.69) is 32.0 Å².